The number of aryl methyl sites for hydroxylation is 1. The molecule has 4 aromatic rings. The number of nitrogens with two attached hydrogens (primary N) is 1. The number of hydrogen-bond donors (Lipinski definition) is 1. The van der Waals surface area contributed by atoms with E-state index in [1.165, 1.54) is 0 Å². The van der Waals surface area contributed by atoms with Crippen LogP contribution in [0.25, 0.3) is 22.2 Å². The van der Waals surface area contributed by atoms with Crippen molar-refractivity contribution < 1.29 is 4.74 Å². The predicted octanol–water partition coefficient (Wildman–Crippen LogP) is 3.85. The SMILES string of the molecule is CC(C)Oc1cccc(Cn2c(-c3cnn(C)c3)cc3cnc(N)cc32)c1. The first-order valence-electron chi connectivity index (χ1n) is 8.99. The molecular weight excluding hydrogens is 338 g/mol. The summed E-state index contributed by atoms with van der Waals surface area (Å²) in [4.78, 5) is 4.24. The largest absolute Gasteiger partial charge is 0.491 e. The number of fused-ring (bicyclic) bond motifs is 1. The first kappa shape index (κ1) is 17.1. The zero-order valence-corrected chi connectivity index (χ0v) is 15.8. The number of nitrogen functional groups attached to an aromatic ring is 1. The highest BCUT2D eigenvalue weighted by atomic mass is 16.5. The molecule has 3 aromatic heterocycles. The van der Waals surface area contributed by atoms with E-state index in [-0.39, 0.29) is 6.10 Å². The Morgan fingerprint density at radius 2 is 2.00 bits per heavy atom. The van der Waals surface area contributed by atoms with Gasteiger partial charge >= 0.3 is 0 Å². The third-order valence-corrected chi connectivity index (χ3v) is 4.42. The van der Waals surface area contributed by atoms with Crippen LogP contribution in [0.2, 0.25) is 0 Å². The molecule has 0 aliphatic carbocycles. The molecule has 0 amide bonds. The zero-order valence-electron chi connectivity index (χ0n) is 15.8. The summed E-state index contributed by atoms with van der Waals surface area (Å²) < 4.78 is 9.90. The molecule has 0 unspecified atom stereocenters. The molecule has 2 N–H and O–H groups in total. The lowest BCUT2D eigenvalue weighted by Crippen LogP contribution is -2.06. The summed E-state index contributed by atoms with van der Waals surface area (Å²) in [6, 6.07) is 12.3. The van der Waals surface area contributed by atoms with Gasteiger partial charge in [0.25, 0.3) is 0 Å². The van der Waals surface area contributed by atoms with E-state index in [0.717, 1.165) is 33.5 Å². The first-order chi connectivity index (χ1) is 13.0. The second-order valence-corrected chi connectivity index (χ2v) is 7.00. The van der Waals surface area contributed by atoms with Crippen molar-refractivity contribution in [1.29, 1.82) is 0 Å². The minimum absolute atomic E-state index is 0.143. The lowest BCUT2D eigenvalue weighted by Gasteiger charge is -2.13. The summed E-state index contributed by atoms with van der Waals surface area (Å²) in [6.07, 6.45) is 5.85. The maximum absolute atomic E-state index is 5.96. The number of aromatic nitrogens is 4. The zero-order chi connectivity index (χ0) is 19.0. The van der Waals surface area contributed by atoms with Crippen LogP contribution in [0.3, 0.4) is 0 Å². The van der Waals surface area contributed by atoms with Crippen molar-refractivity contribution in [2.24, 2.45) is 7.05 Å². The molecule has 4 rings (SSSR count). The van der Waals surface area contributed by atoms with Gasteiger partial charge in [-0.25, -0.2) is 4.98 Å². The Bertz CT molecular complexity index is 1090. The minimum Gasteiger partial charge on any atom is -0.491 e. The smallest absolute Gasteiger partial charge is 0.125 e. The van der Waals surface area contributed by atoms with Gasteiger partial charge in [0.05, 0.1) is 23.5 Å². The van der Waals surface area contributed by atoms with Crippen molar-refractivity contribution >= 4 is 16.7 Å². The maximum atomic E-state index is 5.96. The van der Waals surface area contributed by atoms with Gasteiger partial charge in [-0.1, -0.05) is 12.1 Å². The van der Waals surface area contributed by atoms with Gasteiger partial charge in [-0.3, -0.25) is 4.68 Å². The van der Waals surface area contributed by atoms with E-state index < -0.39 is 0 Å². The normalized spacial score (nSPS) is 11.4. The van der Waals surface area contributed by atoms with Gasteiger partial charge in [0.15, 0.2) is 0 Å². The number of pyridine rings is 1. The molecule has 0 saturated carbocycles. The monoisotopic (exact) mass is 361 g/mol. The average Bonchev–Trinajstić information content (AvgIpc) is 3.19. The fourth-order valence-electron chi connectivity index (χ4n) is 3.31. The predicted molar refractivity (Wildman–Crippen MR) is 108 cm³/mol. The molecule has 0 spiro atoms. The molecule has 0 atom stereocenters. The highest BCUT2D eigenvalue weighted by Gasteiger charge is 2.14. The van der Waals surface area contributed by atoms with Gasteiger partial charge in [-0.05, 0) is 37.6 Å². The van der Waals surface area contributed by atoms with Crippen LogP contribution in [-0.4, -0.2) is 25.4 Å². The summed E-state index contributed by atoms with van der Waals surface area (Å²) in [5.74, 6) is 1.39. The van der Waals surface area contributed by atoms with Crippen molar-refractivity contribution in [3.8, 4) is 17.0 Å². The molecule has 1 aromatic carbocycles. The summed E-state index contributed by atoms with van der Waals surface area (Å²) >= 11 is 0. The van der Waals surface area contributed by atoms with Gasteiger partial charge in [-0.15, -0.1) is 0 Å². The Balaban J connectivity index is 1.81. The fraction of sp³-hybridized carbons (Fsp3) is 0.238. The van der Waals surface area contributed by atoms with E-state index >= 15 is 0 Å². The molecule has 6 nitrogen and oxygen atoms in total. The van der Waals surface area contributed by atoms with Gasteiger partial charge in [-0.2, -0.15) is 5.10 Å². The van der Waals surface area contributed by atoms with E-state index in [0.29, 0.717) is 12.4 Å². The first-order valence-corrected chi connectivity index (χ1v) is 8.99. The van der Waals surface area contributed by atoms with E-state index in [2.05, 4.69) is 32.8 Å². The Kier molecular flexibility index (Phi) is 4.32. The number of ether oxygens (including phenoxy) is 1. The molecule has 0 aliphatic heterocycles. The highest BCUT2D eigenvalue weighted by Crippen LogP contribution is 2.30. The topological polar surface area (TPSA) is 70.9 Å². The molecule has 6 heteroatoms. The summed E-state index contributed by atoms with van der Waals surface area (Å²) in [5, 5.41) is 5.37. The van der Waals surface area contributed by atoms with Gasteiger partial charge in [0.1, 0.15) is 11.6 Å². The standard InChI is InChI=1S/C21H23N5O/c1-14(2)27-18-6-4-5-15(7-18)12-26-19(17-11-24-25(3)13-17)8-16-10-23-21(22)9-20(16)26/h4-11,13-14H,12H2,1-3H3,(H2,22,23). The van der Waals surface area contributed by atoms with Crippen molar-refractivity contribution in [3.63, 3.8) is 0 Å². The Morgan fingerprint density at radius 1 is 1.15 bits per heavy atom. The van der Waals surface area contributed by atoms with Crippen LogP contribution in [0.4, 0.5) is 5.82 Å². The van der Waals surface area contributed by atoms with E-state index in [9.17, 15) is 0 Å². The van der Waals surface area contributed by atoms with Crippen LogP contribution in [0, 0.1) is 0 Å². The van der Waals surface area contributed by atoms with Crippen LogP contribution in [0.5, 0.6) is 5.75 Å². The van der Waals surface area contributed by atoms with Crippen LogP contribution in [-0.2, 0) is 13.6 Å². The summed E-state index contributed by atoms with van der Waals surface area (Å²) in [7, 11) is 1.92. The third-order valence-electron chi connectivity index (χ3n) is 4.42. The van der Waals surface area contributed by atoms with Crippen molar-refractivity contribution in [1.82, 2.24) is 19.3 Å². The number of rotatable bonds is 5. The van der Waals surface area contributed by atoms with E-state index in [1.54, 1.807) is 4.68 Å². The quantitative estimate of drug-likeness (QED) is 0.586. The number of anilines is 1. The molecule has 0 radical (unpaired) electrons. The third kappa shape index (κ3) is 3.51. The lowest BCUT2D eigenvalue weighted by molar-refractivity contribution is 0.242. The minimum atomic E-state index is 0.143. The molecule has 0 aliphatic rings. The number of benzene rings is 1. The Morgan fingerprint density at radius 3 is 2.74 bits per heavy atom. The van der Waals surface area contributed by atoms with E-state index in [4.69, 9.17) is 10.5 Å². The van der Waals surface area contributed by atoms with Gasteiger partial charge in [0, 0.05) is 43.0 Å². The Labute approximate surface area is 158 Å². The number of hydrogen-bond acceptors (Lipinski definition) is 4. The number of nitrogens with zero attached hydrogens (tertiary/aromatic N) is 4. The van der Waals surface area contributed by atoms with Crippen molar-refractivity contribution in [2.75, 3.05) is 5.73 Å². The summed E-state index contributed by atoms with van der Waals surface area (Å²) in [5.41, 5.74) is 10.3. The van der Waals surface area contributed by atoms with Crippen LogP contribution in [0.1, 0.15) is 19.4 Å². The molecule has 138 valence electrons. The van der Waals surface area contributed by atoms with Crippen LogP contribution < -0.4 is 10.5 Å². The summed E-state index contributed by atoms with van der Waals surface area (Å²) in [6.45, 7) is 4.76. The van der Waals surface area contributed by atoms with Crippen LogP contribution in [0.15, 0.2) is 55.0 Å². The Hall–Kier alpha value is -3.28. The van der Waals surface area contributed by atoms with Crippen molar-refractivity contribution in [2.45, 2.75) is 26.5 Å². The molecule has 3 heterocycles. The molecular formula is C21H23N5O. The van der Waals surface area contributed by atoms with Crippen LogP contribution >= 0.6 is 0 Å². The average molecular weight is 361 g/mol. The second kappa shape index (κ2) is 6.79. The highest BCUT2D eigenvalue weighted by molar-refractivity contribution is 5.87. The second-order valence-electron chi connectivity index (χ2n) is 7.00. The van der Waals surface area contributed by atoms with Crippen molar-refractivity contribution in [3.05, 3.63) is 60.6 Å². The van der Waals surface area contributed by atoms with Gasteiger partial charge < -0.3 is 15.0 Å². The molecule has 0 bridgehead atoms. The molecule has 27 heavy (non-hydrogen) atoms. The molecule has 0 fully saturated rings. The molecule has 0 saturated heterocycles. The van der Waals surface area contributed by atoms with E-state index in [1.807, 2.05) is 57.7 Å². The maximum Gasteiger partial charge on any atom is 0.125 e. The van der Waals surface area contributed by atoms with Gasteiger partial charge in [0.2, 0.25) is 0 Å². The fourth-order valence-corrected chi connectivity index (χ4v) is 3.31. The lowest BCUT2D eigenvalue weighted by atomic mass is 10.2.